The third-order valence-electron chi connectivity index (χ3n) is 4.23. The van der Waals surface area contributed by atoms with Crippen LogP contribution in [0.5, 0.6) is 0 Å². The van der Waals surface area contributed by atoms with Gasteiger partial charge >= 0.3 is 0 Å². The van der Waals surface area contributed by atoms with Crippen molar-refractivity contribution in [2.24, 2.45) is 0 Å². The molecule has 5 heteroatoms. The van der Waals surface area contributed by atoms with Gasteiger partial charge in [0.25, 0.3) is 0 Å². The number of fused-ring (bicyclic) bond motifs is 1. The van der Waals surface area contributed by atoms with Crippen molar-refractivity contribution < 1.29 is 0 Å². The molecule has 0 bridgehead atoms. The summed E-state index contributed by atoms with van der Waals surface area (Å²) in [6.07, 6.45) is 5.38. The summed E-state index contributed by atoms with van der Waals surface area (Å²) in [7, 11) is 0. The Morgan fingerprint density at radius 2 is 1.88 bits per heavy atom. The first kappa shape index (κ1) is 14.4. The lowest BCUT2D eigenvalue weighted by Gasteiger charge is -2.09. The molecule has 0 aliphatic carbocycles. The van der Waals surface area contributed by atoms with Gasteiger partial charge < -0.3 is 5.73 Å². The molecule has 0 amide bonds. The Morgan fingerprint density at radius 3 is 2.71 bits per heavy atom. The van der Waals surface area contributed by atoms with Crippen LogP contribution in [0.2, 0.25) is 0 Å². The van der Waals surface area contributed by atoms with Crippen molar-refractivity contribution in [3.8, 4) is 16.9 Å². The second kappa shape index (κ2) is 5.45. The van der Waals surface area contributed by atoms with Gasteiger partial charge in [0.15, 0.2) is 5.82 Å². The summed E-state index contributed by atoms with van der Waals surface area (Å²) in [6.45, 7) is 3.98. The molecular weight excluding hydrogens is 298 g/mol. The van der Waals surface area contributed by atoms with Gasteiger partial charge in [-0.1, -0.05) is 18.2 Å². The van der Waals surface area contributed by atoms with Crippen LogP contribution in [0.25, 0.3) is 27.8 Å². The van der Waals surface area contributed by atoms with E-state index in [1.54, 1.807) is 6.20 Å². The molecule has 0 saturated heterocycles. The standard InChI is InChI=1S/C19H17N5/c1-12-4-3-5-19(23-12)24-18-8-14(6-7-15(18)9-22-24)16-10-21-11-17(20)13(16)2/h3-11H,20H2,1-2H3. The van der Waals surface area contributed by atoms with Crippen LogP contribution in [0.1, 0.15) is 11.3 Å². The fourth-order valence-corrected chi connectivity index (χ4v) is 2.85. The number of pyridine rings is 2. The predicted octanol–water partition coefficient (Wildman–Crippen LogP) is 3.68. The molecule has 0 atom stereocenters. The third-order valence-corrected chi connectivity index (χ3v) is 4.23. The van der Waals surface area contributed by atoms with Crippen molar-refractivity contribution in [1.82, 2.24) is 19.7 Å². The lowest BCUT2D eigenvalue weighted by atomic mass is 10.0. The number of aryl methyl sites for hydroxylation is 1. The summed E-state index contributed by atoms with van der Waals surface area (Å²) in [5, 5.41) is 5.56. The van der Waals surface area contributed by atoms with Gasteiger partial charge in [-0.25, -0.2) is 9.67 Å². The number of nitrogens with zero attached hydrogens (tertiary/aromatic N) is 4. The fraction of sp³-hybridized carbons (Fsp3) is 0.105. The Hall–Kier alpha value is -3.21. The lowest BCUT2D eigenvalue weighted by molar-refractivity contribution is 0.867. The van der Waals surface area contributed by atoms with E-state index in [-0.39, 0.29) is 0 Å². The molecule has 0 fully saturated rings. The van der Waals surface area contributed by atoms with E-state index in [1.807, 2.05) is 49.1 Å². The van der Waals surface area contributed by atoms with E-state index in [4.69, 9.17) is 5.73 Å². The van der Waals surface area contributed by atoms with Crippen LogP contribution in [-0.2, 0) is 0 Å². The average molecular weight is 315 g/mol. The van der Waals surface area contributed by atoms with Crippen LogP contribution < -0.4 is 5.73 Å². The van der Waals surface area contributed by atoms with Gasteiger partial charge in [0.1, 0.15) is 0 Å². The topological polar surface area (TPSA) is 69.6 Å². The number of hydrogen-bond donors (Lipinski definition) is 1. The van der Waals surface area contributed by atoms with Crippen molar-refractivity contribution in [2.75, 3.05) is 5.73 Å². The number of nitrogens with two attached hydrogens (primary N) is 1. The third kappa shape index (κ3) is 2.31. The molecule has 0 saturated carbocycles. The maximum atomic E-state index is 6.00. The van der Waals surface area contributed by atoms with Gasteiger partial charge in [-0.15, -0.1) is 0 Å². The minimum Gasteiger partial charge on any atom is -0.397 e. The highest BCUT2D eigenvalue weighted by atomic mass is 15.3. The van der Waals surface area contributed by atoms with Crippen LogP contribution in [0.4, 0.5) is 5.69 Å². The fourth-order valence-electron chi connectivity index (χ4n) is 2.85. The number of anilines is 1. The molecule has 1 aromatic carbocycles. The maximum absolute atomic E-state index is 6.00. The monoisotopic (exact) mass is 315 g/mol. The second-order valence-corrected chi connectivity index (χ2v) is 5.87. The summed E-state index contributed by atoms with van der Waals surface area (Å²) in [4.78, 5) is 8.79. The van der Waals surface area contributed by atoms with Gasteiger partial charge in [-0.05, 0) is 43.2 Å². The highest BCUT2D eigenvalue weighted by Gasteiger charge is 2.10. The van der Waals surface area contributed by atoms with Gasteiger partial charge in [-0.2, -0.15) is 5.10 Å². The first-order valence-corrected chi connectivity index (χ1v) is 7.76. The predicted molar refractivity (Wildman–Crippen MR) is 96.0 cm³/mol. The summed E-state index contributed by atoms with van der Waals surface area (Å²) in [5.41, 5.74) is 11.8. The van der Waals surface area contributed by atoms with Gasteiger partial charge in [0.05, 0.1) is 23.6 Å². The average Bonchev–Trinajstić information content (AvgIpc) is 3.00. The number of nitrogen functional groups attached to an aromatic ring is 1. The molecule has 4 aromatic rings. The summed E-state index contributed by atoms with van der Waals surface area (Å²) in [5.74, 6) is 0.810. The molecule has 0 spiro atoms. The van der Waals surface area contributed by atoms with E-state index < -0.39 is 0 Å². The minimum atomic E-state index is 0.696. The SMILES string of the molecule is Cc1cccc(-n2ncc3ccc(-c4cncc(N)c4C)cc32)n1. The molecule has 3 aromatic heterocycles. The van der Waals surface area contributed by atoms with Crippen molar-refractivity contribution >= 4 is 16.6 Å². The zero-order valence-corrected chi connectivity index (χ0v) is 13.6. The van der Waals surface area contributed by atoms with Crippen molar-refractivity contribution in [1.29, 1.82) is 0 Å². The van der Waals surface area contributed by atoms with E-state index in [9.17, 15) is 0 Å². The van der Waals surface area contributed by atoms with Crippen LogP contribution in [0, 0.1) is 13.8 Å². The molecule has 2 N–H and O–H groups in total. The molecule has 3 heterocycles. The second-order valence-electron chi connectivity index (χ2n) is 5.87. The van der Waals surface area contributed by atoms with E-state index in [0.717, 1.165) is 39.1 Å². The van der Waals surface area contributed by atoms with Crippen LogP contribution in [0.15, 0.2) is 55.0 Å². The van der Waals surface area contributed by atoms with Crippen LogP contribution >= 0.6 is 0 Å². The van der Waals surface area contributed by atoms with Crippen LogP contribution in [-0.4, -0.2) is 19.7 Å². The first-order valence-electron chi connectivity index (χ1n) is 7.76. The summed E-state index contributed by atoms with van der Waals surface area (Å²) >= 11 is 0. The lowest BCUT2D eigenvalue weighted by Crippen LogP contribution is -2.00. The summed E-state index contributed by atoms with van der Waals surface area (Å²) in [6, 6.07) is 12.2. The highest BCUT2D eigenvalue weighted by Crippen LogP contribution is 2.29. The van der Waals surface area contributed by atoms with E-state index in [2.05, 4.69) is 33.3 Å². The molecule has 0 radical (unpaired) electrons. The van der Waals surface area contributed by atoms with E-state index in [1.165, 1.54) is 0 Å². The molecule has 0 aliphatic heterocycles. The Labute approximate surface area is 139 Å². The van der Waals surface area contributed by atoms with Gasteiger partial charge in [0.2, 0.25) is 0 Å². The normalized spacial score (nSPS) is 11.1. The van der Waals surface area contributed by atoms with Gasteiger partial charge in [0, 0.05) is 22.8 Å². The Bertz CT molecular complexity index is 1050. The molecule has 118 valence electrons. The van der Waals surface area contributed by atoms with Crippen molar-refractivity contribution in [3.63, 3.8) is 0 Å². The number of rotatable bonds is 2. The molecule has 0 unspecified atom stereocenters. The molecule has 0 aliphatic rings. The smallest absolute Gasteiger partial charge is 0.154 e. The number of benzene rings is 1. The molecule has 4 rings (SSSR count). The van der Waals surface area contributed by atoms with Gasteiger partial charge in [-0.3, -0.25) is 4.98 Å². The largest absolute Gasteiger partial charge is 0.397 e. The quantitative estimate of drug-likeness (QED) is 0.612. The van der Waals surface area contributed by atoms with E-state index >= 15 is 0 Å². The van der Waals surface area contributed by atoms with Crippen molar-refractivity contribution in [3.05, 3.63) is 66.2 Å². The Kier molecular flexibility index (Phi) is 3.27. The summed E-state index contributed by atoms with van der Waals surface area (Å²) < 4.78 is 1.86. The van der Waals surface area contributed by atoms with E-state index in [0.29, 0.717) is 5.69 Å². The zero-order valence-electron chi connectivity index (χ0n) is 13.6. The first-order chi connectivity index (χ1) is 11.6. The molecular formula is C19H17N5. The molecule has 24 heavy (non-hydrogen) atoms. The van der Waals surface area contributed by atoms with Crippen molar-refractivity contribution in [2.45, 2.75) is 13.8 Å². The number of aromatic nitrogens is 4. The number of hydrogen-bond acceptors (Lipinski definition) is 4. The van der Waals surface area contributed by atoms with Crippen LogP contribution in [0.3, 0.4) is 0 Å². The Balaban J connectivity index is 1.92. The highest BCUT2D eigenvalue weighted by molar-refractivity contribution is 5.86. The Morgan fingerprint density at radius 1 is 1.00 bits per heavy atom. The zero-order chi connectivity index (χ0) is 16.7. The molecule has 5 nitrogen and oxygen atoms in total. The maximum Gasteiger partial charge on any atom is 0.154 e. The minimum absolute atomic E-state index is 0.696.